The van der Waals surface area contributed by atoms with Crippen molar-refractivity contribution >= 4 is 34.6 Å². The van der Waals surface area contributed by atoms with Crippen LogP contribution in [0.4, 0.5) is 11.4 Å². The first-order chi connectivity index (χ1) is 9.99. The molecule has 7 heteroatoms. The lowest BCUT2D eigenvalue weighted by Gasteiger charge is -2.10. The molecule has 0 aliphatic carbocycles. The molecule has 0 amide bonds. The monoisotopic (exact) mass is 326 g/mol. The average molecular weight is 327 g/mol. The van der Waals surface area contributed by atoms with Gasteiger partial charge < -0.3 is 10.1 Å². The first-order valence-electron chi connectivity index (χ1n) is 6.16. The lowest BCUT2D eigenvalue weighted by Crippen LogP contribution is -1.98. The molecule has 0 spiro atoms. The predicted octanol–water partition coefficient (Wildman–Crippen LogP) is 5.13. The van der Waals surface area contributed by atoms with Crippen molar-refractivity contribution in [2.45, 2.75) is 6.92 Å². The molecular weight excluding hydrogens is 315 g/mol. The maximum Gasteiger partial charge on any atom is 0.275 e. The van der Waals surface area contributed by atoms with Crippen molar-refractivity contribution in [3.05, 3.63) is 56.6 Å². The molecule has 2 rings (SSSR count). The molecule has 0 bridgehead atoms. The number of nitro benzene ring substituents is 1. The SMILES string of the molecule is CCNc1cc(Oc2cc(Cl)ccc2Cl)cc([N+](=O)[O-])c1. The maximum absolute atomic E-state index is 11.0. The molecule has 110 valence electrons. The van der Waals surface area contributed by atoms with Crippen LogP contribution in [0.2, 0.25) is 10.0 Å². The van der Waals surface area contributed by atoms with Gasteiger partial charge in [0.1, 0.15) is 11.5 Å². The highest BCUT2D eigenvalue weighted by molar-refractivity contribution is 6.34. The minimum Gasteiger partial charge on any atom is -0.455 e. The summed E-state index contributed by atoms with van der Waals surface area (Å²) in [6, 6.07) is 9.22. The Hall–Kier alpha value is -1.98. The third-order valence-corrected chi connectivity index (χ3v) is 3.15. The van der Waals surface area contributed by atoms with E-state index in [0.717, 1.165) is 0 Å². The fourth-order valence-corrected chi connectivity index (χ4v) is 2.05. The number of ether oxygens (including phenoxy) is 1. The third kappa shape index (κ3) is 4.00. The van der Waals surface area contributed by atoms with Crippen molar-refractivity contribution in [2.75, 3.05) is 11.9 Å². The Morgan fingerprint density at radius 2 is 2.00 bits per heavy atom. The van der Waals surface area contributed by atoms with Gasteiger partial charge in [-0.15, -0.1) is 0 Å². The van der Waals surface area contributed by atoms with E-state index in [9.17, 15) is 10.1 Å². The van der Waals surface area contributed by atoms with E-state index in [4.69, 9.17) is 27.9 Å². The van der Waals surface area contributed by atoms with Crippen LogP contribution >= 0.6 is 23.2 Å². The van der Waals surface area contributed by atoms with Gasteiger partial charge in [-0.1, -0.05) is 23.2 Å². The fourth-order valence-electron chi connectivity index (χ4n) is 1.74. The topological polar surface area (TPSA) is 64.4 Å². The molecule has 0 heterocycles. The second-order valence-electron chi connectivity index (χ2n) is 4.18. The number of hydrogen-bond acceptors (Lipinski definition) is 4. The number of hydrogen-bond donors (Lipinski definition) is 1. The third-order valence-electron chi connectivity index (χ3n) is 2.60. The summed E-state index contributed by atoms with van der Waals surface area (Å²) < 4.78 is 5.61. The van der Waals surface area contributed by atoms with Crippen molar-refractivity contribution < 1.29 is 9.66 Å². The van der Waals surface area contributed by atoms with Gasteiger partial charge in [-0.3, -0.25) is 10.1 Å². The highest BCUT2D eigenvalue weighted by atomic mass is 35.5. The van der Waals surface area contributed by atoms with Crippen LogP contribution in [0.1, 0.15) is 6.92 Å². The van der Waals surface area contributed by atoms with E-state index in [1.165, 1.54) is 12.1 Å². The number of halogens is 2. The summed E-state index contributed by atoms with van der Waals surface area (Å²) in [6.45, 7) is 2.53. The van der Waals surface area contributed by atoms with Gasteiger partial charge in [-0.25, -0.2) is 0 Å². The van der Waals surface area contributed by atoms with Gasteiger partial charge in [0.25, 0.3) is 5.69 Å². The summed E-state index contributed by atoms with van der Waals surface area (Å²) in [7, 11) is 0. The number of anilines is 1. The number of nitro groups is 1. The zero-order chi connectivity index (χ0) is 15.4. The number of nitrogens with one attached hydrogen (secondary N) is 1. The Kier molecular flexibility index (Phi) is 4.88. The predicted molar refractivity (Wildman–Crippen MR) is 83.8 cm³/mol. The summed E-state index contributed by atoms with van der Waals surface area (Å²) >= 11 is 11.9. The van der Waals surface area contributed by atoms with Crippen LogP contribution in [-0.4, -0.2) is 11.5 Å². The van der Waals surface area contributed by atoms with Crippen molar-refractivity contribution in [3.8, 4) is 11.5 Å². The van der Waals surface area contributed by atoms with Crippen molar-refractivity contribution in [1.82, 2.24) is 0 Å². The summed E-state index contributed by atoms with van der Waals surface area (Å²) in [5.41, 5.74) is 0.529. The van der Waals surface area contributed by atoms with E-state index in [1.54, 1.807) is 24.3 Å². The molecule has 2 aromatic carbocycles. The first-order valence-corrected chi connectivity index (χ1v) is 6.91. The van der Waals surface area contributed by atoms with Crippen LogP contribution in [-0.2, 0) is 0 Å². The van der Waals surface area contributed by atoms with E-state index in [0.29, 0.717) is 33.8 Å². The van der Waals surface area contributed by atoms with Crippen LogP contribution in [0.3, 0.4) is 0 Å². The highest BCUT2D eigenvalue weighted by Crippen LogP contribution is 2.34. The molecule has 0 aromatic heterocycles. The number of rotatable bonds is 5. The Bertz CT molecular complexity index is 677. The molecule has 0 saturated heterocycles. The molecule has 0 atom stereocenters. The summed E-state index contributed by atoms with van der Waals surface area (Å²) in [6.07, 6.45) is 0. The van der Waals surface area contributed by atoms with Gasteiger partial charge in [0.2, 0.25) is 0 Å². The smallest absolute Gasteiger partial charge is 0.275 e. The number of benzene rings is 2. The largest absolute Gasteiger partial charge is 0.455 e. The Morgan fingerprint density at radius 1 is 1.24 bits per heavy atom. The number of non-ortho nitro benzene ring substituents is 1. The standard InChI is InChI=1S/C14H12Cl2N2O3/c1-2-17-10-6-11(18(19)20)8-12(7-10)21-14-5-9(15)3-4-13(14)16/h3-8,17H,2H2,1H3. The Morgan fingerprint density at radius 3 is 2.67 bits per heavy atom. The van der Waals surface area contributed by atoms with E-state index in [1.807, 2.05) is 6.92 Å². The fraction of sp³-hybridized carbons (Fsp3) is 0.143. The number of nitrogens with zero attached hydrogens (tertiary/aromatic N) is 1. The Balaban J connectivity index is 2.38. The van der Waals surface area contributed by atoms with Crippen LogP contribution in [0.5, 0.6) is 11.5 Å². The molecule has 0 radical (unpaired) electrons. The van der Waals surface area contributed by atoms with Crippen LogP contribution in [0, 0.1) is 10.1 Å². The normalized spacial score (nSPS) is 10.2. The molecular formula is C14H12Cl2N2O3. The molecule has 5 nitrogen and oxygen atoms in total. The van der Waals surface area contributed by atoms with Gasteiger partial charge >= 0.3 is 0 Å². The molecule has 21 heavy (non-hydrogen) atoms. The molecule has 0 aliphatic rings. The zero-order valence-corrected chi connectivity index (χ0v) is 12.6. The molecule has 2 aromatic rings. The second kappa shape index (κ2) is 6.65. The lowest BCUT2D eigenvalue weighted by atomic mass is 10.2. The molecule has 0 saturated carbocycles. The van der Waals surface area contributed by atoms with Gasteiger partial charge in [-0.2, -0.15) is 0 Å². The van der Waals surface area contributed by atoms with E-state index in [2.05, 4.69) is 5.32 Å². The quantitative estimate of drug-likeness (QED) is 0.611. The average Bonchev–Trinajstić information content (AvgIpc) is 2.43. The summed E-state index contributed by atoms with van der Waals surface area (Å²) in [4.78, 5) is 10.5. The molecule has 0 fully saturated rings. The molecule has 0 unspecified atom stereocenters. The van der Waals surface area contributed by atoms with Crippen molar-refractivity contribution in [2.24, 2.45) is 0 Å². The zero-order valence-electron chi connectivity index (χ0n) is 11.1. The van der Waals surface area contributed by atoms with Gasteiger partial charge in [0, 0.05) is 35.5 Å². The van der Waals surface area contributed by atoms with Gasteiger partial charge in [-0.05, 0) is 19.1 Å². The van der Waals surface area contributed by atoms with Gasteiger partial charge in [0.15, 0.2) is 0 Å². The lowest BCUT2D eigenvalue weighted by molar-refractivity contribution is -0.384. The molecule has 0 aliphatic heterocycles. The van der Waals surface area contributed by atoms with Crippen LogP contribution < -0.4 is 10.1 Å². The Labute approximate surface area is 131 Å². The van der Waals surface area contributed by atoms with Crippen molar-refractivity contribution in [1.29, 1.82) is 0 Å². The van der Waals surface area contributed by atoms with Crippen molar-refractivity contribution in [3.63, 3.8) is 0 Å². The van der Waals surface area contributed by atoms with E-state index < -0.39 is 4.92 Å². The minimum atomic E-state index is -0.479. The first kappa shape index (κ1) is 15.4. The highest BCUT2D eigenvalue weighted by Gasteiger charge is 2.12. The maximum atomic E-state index is 11.0. The van der Waals surface area contributed by atoms with E-state index >= 15 is 0 Å². The minimum absolute atomic E-state index is 0.0680. The molecule has 1 N–H and O–H groups in total. The van der Waals surface area contributed by atoms with Crippen LogP contribution in [0.15, 0.2) is 36.4 Å². The summed E-state index contributed by atoms with van der Waals surface area (Å²) in [5, 5.41) is 14.8. The van der Waals surface area contributed by atoms with Crippen LogP contribution in [0.25, 0.3) is 0 Å². The summed E-state index contributed by atoms with van der Waals surface area (Å²) in [5.74, 6) is 0.649. The second-order valence-corrected chi connectivity index (χ2v) is 5.02. The van der Waals surface area contributed by atoms with Gasteiger partial charge in [0.05, 0.1) is 16.0 Å². The van der Waals surface area contributed by atoms with E-state index in [-0.39, 0.29) is 5.69 Å².